The van der Waals surface area contributed by atoms with Crippen molar-refractivity contribution in [1.82, 2.24) is 9.88 Å². The fourth-order valence-electron chi connectivity index (χ4n) is 2.73. The SMILES string of the molecule is Cn1cc(Br)cc1C(=O)NCCCC1CCCC1. The number of halogens is 1. The van der Waals surface area contributed by atoms with Gasteiger partial charge in [-0.3, -0.25) is 4.79 Å². The fraction of sp³-hybridized carbons (Fsp3) is 0.643. The van der Waals surface area contributed by atoms with Crippen LogP contribution in [0.1, 0.15) is 49.0 Å². The zero-order chi connectivity index (χ0) is 13.0. The van der Waals surface area contributed by atoms with E-state index in [1.807, 2.05) is 23.9 Å². The Balaban J connectivity index is 1.70. The van der Waals surface area contributed by atoms with E-state index in [9.17, 15) is 4.79 Å². The van der Waals surface area contributed by atoms with Crippen LogP contribution in [0.25, 0.3) is 0 Å². The van der Waals surface area contributed by atoms with E-state index >= 15 is 0 Å². The molecule has 18 heavy (non-hydrogen) atoms. The van der Waals surface area contributed by atoms with E-state index in [1.54, 1.807) is 0 Å². The molecule has 1 amide bonds. The molecule has 0 unspecified atom stereocenters. The maximum Gasteiger partial charge on any atom is 0.267 e. The zero-order valence-corrected chi connectivity index (χ0v) is 12.5. The number of rotatable bonds is 5. The van der Waals surface area contributed by atoms with Crippen molar-refractivity contribution in [1.29, 1.82) is 0 Å². The number of aryl methyl sites for hydroxylation is 1. The number of nitrogens with zero attached hydrogens (tertiary/aromatic N) is 1. The summed E-state index contributed by atoms with van der Waals surface area (Å²) >= 11 is 3.38. The van der Waals surface area contributed by atoms with Gasteiger partial charge >= 0.3 is 0 Å². The molecule has 100 valence electrons. The Kier molecular flexibility index (Phi) is 4.87. The lowest BCUT2D eigenvalue weighted by atomic mass is 10.0. The first-order valence-corrected chi connectivity index (χ1v) is 7.56. The molecule has 0 atom stereocenters. The van der Waals surface area contributed by atoms with Crippen molar-refractivity contribution >= 4 is 21.8 Å². The third-order valence-corrected chi connectivity index (χ3v) is 4.19. The second-order valence-electron chi connectivity index (χ2n) is 5.20. The summed E-state index contributed by atoms with van der Waals surface area (Å²) < 4.78 is 2.79. The van der Waals surface area contributed by atoms with Crippen molar-refractivity contribution in [3.8, 4) is 0 Å². The number of hydrogen-bond donors (Lipinski definition) is 1. The Morgan fingerprint density at radius 2 is 2.22 bits per heavy atom. The Labute approximate surface area is 117 Å². The van der Waals surface area contributed by atoms with E-state index in [1.165, 1.54) is 32.1 Å². The van der Waals surface area contributed by atoms with Gasteiger partial charge in [-0.05, 0) is 40.8 Å². The largest absolute Gasteiger partial charge is 0.351 e. The predicted molar refractivity (Wildman–Crippen MR) is 76.6 cm³/mol. The molecule has 0 spiro atoms. The number of aromatic nitrogens is 1. The highest BCUT2D eigenvalue weighted by Crippen LogP contribution is 2.28. The van der Waals surface area contributed by atoms with Crippen LogP contribution in [0.4, 0.5) is 0 Å². The lowest BCUT2D eigenvalue weighted by molar-refractivity contribution is 0.0944. The molecule has 0 bridgehead atoms. The molecule has 1 fully saturated rings. The molecule has 0 aliphatic heterocycles. The van der Waals surface area contributed by atoms with Crippen LogP contribution in [0.3, 0.4) is 0 Å². The number of amides is 1. The van der Waals surface area contributed by atoms with Crippen LogP contribution >= 0.6 is 15.9 Å². The Hall–Kier alpha value is -0.770. The van der Waals surface area contributed by atoms with E-state index < -0.39 is 0 Å². The van der Waals surface area contributed by atoms with Gasteiger partial charge in [0.25, 0.3) is 5.91 Å². The van der Waals surface area contributed by atoms with Crippen LogP contribution in [0, 0.1) is 5.92 Å². The zero-order valence-electron chi connectivity index (χ0n) is 10.9. The number of nitrogens with one attached hydrogen (secondary N) is 1. The Bertz CT molecular complexity index is 408. The molecule has 0 radical (unpaired) electrons. The standard InChI is InChI=1S/C14H21BrN2O/c1-17-10-12(15)9-13(17)14(18)16-8-4-7-11-5-2-3-6-11/h9-11H,2-8H2,1H3,(H,16,18). The predicted octanol–water partition coefficient (Wildman–Crippen LogP) is 3.49. The highest BCUT2D eigenvalue weighted by atomic mass is 79.9. The van der Waals surface area contributed by atoms with Gasteiger partial charge in [0.2, 0.25) is 0 Å². The van der Waals surface area contributed by atoms with Gasteiger partial charge in [-0.15, -0.1) is 0 Å². The quantitative estimate of drug-likeness (QED) is 0.830. The second kappa shape index (κ2) is 6.41. The molecule has 3 nitrogen and oxygen atoms in total. The summed E-state index contributed by atoms with van der Waals surface area (Å²) in [7, 11) is 1.89. The van der Waals surface area contributed by atoms with Crippen molar-refractivity contribution in [2.45, 2.75) is 38.5 Å². The summed E-state index contributed by atoms with van der Waals surface area (Å²) in [6.45, 7) is 0.790. The van der Waals surface area contributed by atoms with Gasteiger partial charge in [-0.25, -0.2) is 0 Å². The minimum Gasteiger partial charge on any atom is -0.351 e. The average Bonchev–Trinajstić information content (AvgIpc) is 2.94. The van der Waals surface area contributed by atoms with E-state index in [4.69, 9.17) is 0 Å². The summed E-state index contributed by atoms with van der Waals surface area (Å²) in [5.74, 6) is 0.931. The Morgan fingerprint density at radius 3 is 2.83 bits per heavy atom. The fourth-order valence-corrected chi connectivity index (χ4v) is 3.26. The normalized spacial score (nSPS) is 16.1. The van der Waals surface area contributed by atoms with Crippen LogP contribution in [0.2, 0.25) is 0 Å². The molecule has 1 aromatic heterocycles. The molecular weight excluding hydrogens is 292 g/mol. The minimum absolute atomic E-state index is 0.0228. The molecule has 1 aliphatic carbocycles. The van der Waals surface area contributed by atoms with Crippen LogP contribution in [0.5, 0.6) is 0 Å². The smallest absolute Gasteiger partial charge is 0.267 e. The molecule has 0 saturated heterocycles. The van der Waals surface area contributed by atoms with E-state index in [2.05, 4.69) is 21.2 Å². The maximum atomic E-state index is 11.9. The average molecular weight is 313 g/mol. The third kappa shape index (κ3) is 3.61. The Morgan fingerprint density at radius 1 is 1.50 bits per heavy atom. The number of carbonyl (C=O) groups excluding carboxylic acids is 1. The summed E-state index contributed by atoms with van der Waals surface area (Å²) in [5, 5.41) is 3.00. The molecule has 0 aromatic carbocycles. The van der Waals surface area contributed by atoms with Gasteiger partial charge < -0.3 is 9.88 Å². The summed E-state index contributed by atoms with van der Waals surface area (Å²) in [5.41, 5.74) is 0.711. The number of hydrogen-bond acceptors (Lipinski definition) is 1. The van der Waals surface area contributed by atoms with E-state index in [0.717, 1.165) is 23.4 Å². The monoisotopic (exact) mass is 312 g/mol. The van der Waals surface area contributed by atoms with Crippen LogP contribution in [0.15, 0.2) is 16.7 Å². The van der Waals surface area contributed by atoms with Gasteiger partial charge in [-0.2, -0.15) is 0 Å². The first kappa shape index (κ1) is 13.7. The second-order valence-corrected chi connectivity index (χ2v) is 6.12. The molecule has 1 aliphatic rings. The van der Waals surface area contributed by atoms with Gasteiger partial charge in [0.15, 0.2) is 0 Å². The highest BCUT2D eigenvalue weighted by Gasteiger charge is 2.15. The van der Waals surface area contributed by atoms with Crippen molar-refractivity contribution in [3.63, 3.8) is 0 Å². The van der Waals surface area contributed by atoms with Crippen LogP contribution in [-0.2, 0) is 7.05 Å². The van der Waals surface area contributed by atoms with Gasteiger partial charge in [0, 0.05) is 24.3 Å². The first-order chi connectivity index (χ1) is 8.66. The maximum absolute atomic E-state index is 11.9. The van der Waals surface area contributed by atoms with Crippen molar-refractivity contribution in [3.05, 3.63) is 22.4 Å². The van der Waals surface area contributed by atoms with E-state index in [0.29, 0.717) is 5.69 Å². The lowest BCUT2D eigenvalue weighted by Gasteiger charge is -2.09. The molecule has 1 saturated carbocycles. The van der Waals surface area contributed by atoms with Gasteiger partial charge in [-0.1, -0.05) is 25.7 Å². The topological polar surface area (TPSA) is 34.0 Å². The van der Waals surface area contributed by atoms with Crippen molar-refractivity contribution in [2.75, 3.05) is 6.54 Å². The minimum atomic E-state index is 0.0228. The summed E-state index contributed by atoms with van der Waals surface area (Å²) in [6, 6.07) is 1.85. The van der Waals surface area contributed by atoms with Crippen LogP contribution < -0.4 is 5.32 Å². The lowest BCUT2D eigenvalue weighted by Crippen LogP contribution is -2.26. The van der Waals surface area contributed by atoms with Crippen molar-refractivity contribution < 1.29 is 4.79 Å². The van der Waals surface area contributed by atoms with E-state index in [-0.39, 0.29) is 5.91 Å². The van der Waals surface area contributed by atoms with Crippen LogP contribution in [-0.4, -0.2) is 17.0 Å². The molecular formula is C14H21BrN2O. The first-order valence-electron chi connectivity index (χ1n) is 6.77. The molecule has 1 heterocycles. The van der Waals surface area contributed by atoms with Gasteiger partial charge in [0.05, 0.1) is 0 Å². The molecule has 2 rings (SSSR count). The number of carbonyl (C=O) groups is 1. The molecule has 1 aromatic rings. The van der Waals surface area contributed by atoms with Gasteiger partial charge in [0.1, 0.15) is 5.69 Å². The highest BCUT2D eigenvalue weighted by molar-refractivity contribution is 9.10. The third-order valence-electron chi connectivity index (χ3n) is 3.75. The van der Waals surface area contributed by atoms with Crippen molar-refractivity contribution in [2.24, 2.45) is 13.0 Å². The molecule has 1 N–H and O–H groups in total. The summed E-state index contributed by atoms with van der Waals surface area (Å²) in [4.78, 5) is 11.9. The molecule has 4 heteroatoms. The summed E-state index contributed by atoms with van der Waals surface area (Å²) in [6.07, 6.45) is 9.83.